The molecular weight excluding hydrogens is 111 g/mol. The van der Waals surface area contributed by atoms with Crippen molar-refractivity contribution in [3.8, 4) is 0 Å². The van der Waals surface area contributed by atoms with E-state index in [0.717, 1.165) is 13.0 Å². The molecule has 46 valence electrons. The van der Waals surface area contributed by atoms with Crippen molar-refractivity contribution in [1.29, 1.82) is 0 Å². The van der Waals surface area contributed by atoms with Gasteiger partial charge in [0.2, 0.25) is 0 Å². The topological polar surface area (TPSA) is 18.5 Å². The van der Waals surface area contributed by atoms with Gasteiger partial charge in [-0.15, -0.1) is 0 Å². The van der Waals surface area contributed by atoms with Crippen molar-refractivity contribution in [1.82, 2.24) is 0 Å². The molecule has 0 aromatic carbocycles. The van der Waals surface area contributed by atoms with Crippen LogP contribution in [0, 0.1) is 6.08 Å². The van der Waals surface area contributed by atoms with Crippen molar-refractivity contribution in [3.63, 3.8) is 0 Å². The molecule has 0 aromatic heterocycles. The van der Waals surface area contributed by atoms with Crippen LogP contribution in [0.4, 0.5) is 0 Å². The maximum atomic E-state index is 5.09. The molecule has 0 radical (unpaired) electrons. The van der Waals surface area contributed by atoms with Gasteiger partial charge in [0.1, 0.15) is 6.29 Å². The fraction of sp³-hybridized carbons (Fsp3) is 0.667. The first kappa shape index (κ1) is 9.26. The number of hydrogen-bond donors (Lipinski definition) is 0. The van der Waals surface area contributed by atoms with E-state index in [-0.39, 0.29) is 25.2 Å². The van der Waals surface area contributed by atoms with Crippen molar-refractivity contribution in [2.45, 2.75) is 12.7 Å². The molecule has 0 spiro atoms. The standard InChI is InChI=1S/C6H9O2.Li/c1-7-6-4-2-3-5-8-6;/h4,6H,3,5H2,1H3;/q-1;+1. The minimum absolute atomic E-state index is 0. The zero-order valence-electron chi connectivity index (χ0n) is 5.89. The van der Waals surface area contributed by atoms with Crippen LogP contribution in [0.3, 0.4) is 0 Å². The van der Waals surface area contributed by atoms with E-state index < -0.39 is 0 Å². The zero-order chi connectivity index (χ0) is 5.82. The summed E-state index contributed by atoms with van der Waals surface area (Å²) in [5, 5.41) is 0. The van der Waals surface area contributed by atoms with E-state index in [1.54, 1.807) is 13.2 Å². The van der Waals surface area contributed by atoms with E-state index in [4.69, 9.17) is 9.47 Å². The molecule has 3 heteroatoms. The molecule has 1 heterocycles. The molecule has 1 atom stereocenters. The summed E-state index contributed by atoms with van der Waals surface area (Å²) in [5.41, 5.74) is 0. The molecule has 1 rings (SSSR count). The van der Waals surface area contributed by atoms with E-state index >= 15 is 0 Å². The molecular formula is C6H9LiO2. The first-order valence-corrected chi connectivity index (χ1v) is 2.64. The smallest absolute Gasteiger partial charge is 0.493 e. The van der Waals surface area contributed by atoms with Crippen molar-refractivity contribution >= 4 is 0 Å². The Hall–Kier alpha value is 0.257. The van der Waals surface area contributed by atoms with E-state index in [1.165, 1.54) is 0 Å². The van der Waals surface area contributed by atoms with Gasteiger partial charge in [-0.05, 0) is 0 Å². The van der Waals surface area contributed by atoms with Gasteiger partial charge in [0, 0.05) is 13.7 Å². The Bertz CT molecular complexity index is 93.1. The maximum absolute atomic E-state index is 5.09. The predicted octanol–water partition coefficient (Wildman–Crippen LogP) is -2.26. The Morgan fingerprint density at radius 2 is 2.56 bits per heavy atom. The summed E-state index contributed by atoms with van der Waals surface area (Å²) in [6, 6.07) is 0. The second kappa shape index (κ2) is 5.07. The average molecular weight is 120 g/mol. The van der Waals surface area contributed by atoms with Crippen LogP contribution in [0.2, 0.25) is 0 Å². The number of hydrogen-bond acceptors (Lipinski definition) is 2. The largest absolute Gasteiger partial charge is 1.00 e. The molecule has 9 heavy (non-hydrogen) atoms. The van der Waals surface area contributed by atoms with Crippen molar-refractivity contribution in [3.05, 3.63) is 12.2 Å². The zero-order valence-corrected chi connectivity index (χ0v) is 5.89. The maximum Gasteiger partial charge on any atom is 1.00 e. The fourth-order valence-corrected chi connectivity index (χ4v) is 0.598. The Kier molecular flexibility index (Phi) is 5.22. The van der Waals surface area contributed by atoms with Gasteiger partial charge >= 0.3 is 18.9 Å². The fourth-order valence-electron chi connectivity index (χ4n) is 0.598. The third-order valence-corrected chi connectivity index (χ3v) is 1.01. The van der Waals surface area contributed by atoms with Gasteiger partial charge in [0.15, 0.2) is 0 Å². The minimum Gasteiger partial charge on any atom is -0.493 e. The summed E-state index contributed by atoms with van der Waals surface area (Å²) in [4.78, 5) is 0. The minimum atomic E-state index is -0.149. The monoisotopic (exact) mass is 120 g/mol. The molecule has 1 unspecified atom stereocenters. The third kappa shape index (κ3) is 3.07. The Balaban J connectivity index is 0.000000640. The molecule has 1 aliphatic heterocycles. The quantitative estimate of drug-likeness (QED) is 0.287. The summed E-state index contributed by atoms with van der Waals surface area (Å²) < 4.78 is 9.94. The molecule has 0 aromatic rings. The molecule has 0 saturated heterocycles. The van der Waals surface area contributed by atoms with Crippen LogP contribution in [0.25, 0.3) is 0 Å². The van der Waals surface area contributed by atoms with E-state index in [2.05, 4.69) is 6.08 Å². The molecule has 1 aliphatic rings. The summed E-state index contributed by atoms with van der Waals surface area (Å²) in [7, 11) is 1.62. The molecule has 0 amide bonds. The molecule has 0 N–H and O–H groups in total. The molecule has 0 bridgehead atoms. The number of rotatable bonds is 1. The van der Waals surface area contributed by atoms with E-state index in [0.29, 0.717) is 0 Å². The van der Waals surface area contributed by atoms with Crippen LogP contribution in [0.5, 0.6) is 0 Å². The predicted molar refractivity (Wildman–Crippen MR) is 29.2 cm³/mol. The van der Waals surface area contributed by atoms with Gasteiger partial charge in [-0.3, -0.25) is 0 Å². The average Bonchev–Trinajstić information content (AvgIpc) is 1.90. The van der Waals surface area contributed by atoms with Crippen LogP contribution in [0.1, 0.15) is 6.42 Å². The van der Waals surface area contributed by atoms with E-state index in [9.17, 15) is 0 Å². The van der Waals surface area contributed by atoms with Gasteiger partial charge in [0.05, 0.1) is 0 Å². The van der Waals surface area contributed by atoms with Gasteiger partial charge in [-0.2, -0.15) is 6.42 Å². The van der Waals surface area contributed by atoms with Gasteiger partial charge < -0.3 is 15.5 Å². The summed E-state index contributed by atoms with van der Waals surface area (Å²) in [6.07, 6.45) is 5.55. The normalized spacial score (nSPS) is 25.2. The SMILES string of the molecule is COC1C=[C-]CCO1.[Li+]. The third-order valence-electron chi connectivity index (χ3n) is 1.01. The molecule has 0 aliphatic carbocycles. The first-order chi connectivity index (χ1) is 3.93. The first-order valence-electron chi connectivity index (χ1n) is 2.64. The van der Waals surface area contributed by atoms with Crippen LogP contribution < -0.4 is 18.9 Å². The van der Waals surface area contributed by atoms with Gasteiger partial charge in [-0.25, -0.2) is 6.08 Å². The van der Waals surface area contributed by atoms with Crippen molar-refractivity contribution in [2.75, 3.05) is 13.7 Å². The second-order valence-corrected chi connectivity index (χ2v) is 1.60. The molecule has 0 fully saturated rings. The van der Waals surface area contributed by atoms with Crippen LogP contribution >= 0.6 is 0 Å². The van der Waals surface area contributed by atoms with Crippen molar-refractivity contribution in [2.24, 2.45) is 0 Å². The second-order valence-electron chi connectivity index (χ2n) is 1.60. The van der Waals surface area contributed by atoms with Gasteiger partial charge in [-0.1, -0.05) is 0 Å². The Morgan fingerprint density at radius 3 is 2.89 bits per heavy atom. The number of ether oxygens (including phenoxy) is 2. The van der Waals surface area contributed by atoms with Crippen LogP contribution in [-0.4, -0.2) is 20.0 Å². The molecule has 2 nitrogen and oxygen atoms in total. The van der Waals surface area contributed by atoms with E-state index in [1.807, 2.05) is 0 Å². The van der Waals surface area contributed by atoms with Crippen LogP contribution in [-0.2, 0) is 9.47 Å². The summed E-state index contributed by atoms with van der Waals surface area (Å²) in [6.45, 7) is 0.731. The number of methoxy groups -OCH3 is 1. The summed E-state index contributed by atoms with van der Waals surface area (Å²) >= 11 is 0. The summed E-state index contributed by atoms with van der Waals surface area (Å²) in [5.74, 6) is 0. The Morgan fingerprint density at radius 1 is 1.78 bits per heavy atom. The Labute approximate surface area is 67.4 Å². The molecule has 0 saturated carbocycles. The van der Waals surface area contributed by atoms with Crippen molar-refractivity contribution < 1.29 is 28.3 Å². The van der Waals surface area contributed by atoms with Gasteiger partial charge in [0.25, 0.3) is 0 Å². The van der Waals surface area contributed by atoms with Crippen LogP contribution in [0.15, 0.2) is 6.08 Å².